The van der Waals surface area contributed by atoms with Crippen LogP contribution >= 0.6 is 0 Å². The Morgan fingerprint density at radius 3 is 2.80 bits per heavy atom. The van der Waals surface area contributed by atoms with Crippen molar-refractivity contribution < 1.29 is 8.78 Å². The predicted molar refractivity (Wildman–Crippen MR) is 55.7 cm³/mol. The first-order valence-corrected chi connectivity index (χ1v) is 5.22. The lowest BCUT2D eigenvalue weighted by Crippen LogP contribution is -2.22. The second-order valence-electron chi connectivity index (χ2n) is 4.43. The molecule has 2 rings (SSSR count). The molecule has 0 spiro atoms. The minimum Gasteiger partial charge on any atom is -0.328 e. The van der Waals surface area contributed by atoms with Crippen LogP contribution in [0.15, 0.2) is 18.2 Å². The average molecular weight is 211 g/mol. The van der Waals surface area contributed by atoms with Gasteiger partial charge in [-0.2, -0.15) is 0 Å². The average Bonchev–Trinajstić information content (AvgIpc) is 2.52. The maximum atomic E-state index is 14.5. The van der Waals surface area contributed by atoms with Crippen molar-refractivity contribution in [3.63, 3.8) is 0 Å². The van der Waals surface area contributed by atoms with E-state index in [0.29, 0.717) is 24.8 Å². The van der Waals surface area contributed by atoms with Gasteiger partial charge in [-0.25, -0.2) is 8.78 Å². The molecule has 0 radical (unpaired) electrons. The van der Waals surface area contributed by atoms with Crippen LogP contribution in [0.4, 0.5) is 8.78 Å². The fraction of sp³-hybridized carbons (Fsp3) is 0.500. The van der Waals surface area contributed by atoms with E-state index in [0.717, 1.165) is 5.56 Å². The van der Waals surface area contributed by atoms with E-state index in [4.69, 9.17) is 5.73 Å². The quantitative estimate of drug-likeness (QED) is 0.759. The monoisotopic (exact) mass is 211 g/mol. The normalized spacial score (nSPS) is 30.8. The molecule has 0 bridgehead atoms. The SMILES string of the molecule is Cc1ccc(F)cc1C1(F)CCC(N)C1. The first-order chi connectivity index (χ1) is 7.01. The van der Waals surface area contributed by atoms with Crippen molar-refractivity contribution >= 4 is 0 Å². The van der Waals surface area contributed by atoms with Crippen LogP contribution in [0, 0.1) is 12.7 Å². The highest BCUT2D eigenvalue weighted by Gasteiger charge is 2.40. The van der Waals surface area contributed by atoms with Gasteiger partial charge in [0.05, 0.1) is 0 Å². The van der Waals surface area contributed by atoms with Gasteiger partial charge in [-0.05, 0) is 43.0 Å². The van der Waals surface area contributed by atoms with Gasteiger partial charge in [0.2, 0.25) is 0 Å². The van der Waals surface area contributed by atoms with E-state index < -0.39 is 5.67 Å². The van der Waals surface area contributed by atoms with Crippen LogP contribution in [0.3, 0.4) is 0 Å². The first-order valence-electron chi connectivity index (χ1n) is 5.22. The summed E-state index contributed by atoms with van der Waals surface area (Å²) in [6.45, 7) is 1.81. The van der Waals surface area contributed by atoms with Gasteiger partial charge < -0.3 is 5.73 Å². The number of nitrogens with two attached hydrogens (primary N) is 1. The van der Waals surface area contributed by atoms with Crippen LogP contribution in [-0.4, -0.2) is 6.04 Å². The van der Waals surface area contributed by atoms with Gasteiger partial charge in [-0.3, -0.25) is 0 Å². The van der Waals surface area contributed by atoms with Crippen molar-refractivity contribution in [3.8, 4) is 0 Å². The highest BCUT2D eigenvalue weighted by molar-refractivity contribution is 5.33. The van der Waals surface area contributed by atoms with E-state index in [1.807, 2.05) is 0 Å². The number of aryl methyl sites for hydroxylation is 1. The number of halogens is 2. The van der Waals surface area contributed by atoms with Crippen LogP contribution in [0.2, 0.25) is 0 Å². The first kappa shape index (κ1) is 10.6. The second-order valence-corrected chi connectivity index (χ2v) is 4.43. The molecular formula is C12H15F2N. The fourth-order valence-corrected chi connectivity index (χ4v) is 2.36. The van der Waals surface area contributed by atoms with Gasteiger partial charge in [0.1, 0.15) is 11.5 Å². The zero-order valence-corrected chi connectivity index (χ0v) is 8.76. The zero-order valence-electron chi connectivity index (χ0n) is 8.76. The van der Waals surface area contributed by atoms with Crippen LogP contribution in [-0.2, 0) is 5.67 Å². The summed E-state index contributed by atoms with van der Waals surface area (Å²) in [5.41, 5.74) is 5.54. The smallest absolute Gasteiger partial charge is 0.137 e. The molecule has 0 saturated heterocycles. The van der Waals surface area contributed by atoms with Crippen molar-refractivity contribution in [2.75, 3.05) is 0 Å². The molecule has 0 amide bonds. The summed E-state index contributed by atoms with van der Waals surface area (Å²) in [6, 6.07) is 4.18. The predicted octanol–water partition coefficient (Wildman–Crippen LogP) is 2.81. The second kappa shape index (κ2) is 3.56. The Bertz CT molecular complexity index is 378. The largest absolute Gasteiger partial charge is 0.328 e. The molecule has 0 aliphatic heterocycles. The van der Waals surface area contributed by atoms with Crippen LogP contribution < -0.4 is 5.73 Å². The summed E-state index contributed by atoms with van der Waals surface area (Å²) in [4.78, 5) is 0. The molecule has 1 aromatic carbocycles. The highest BCUT2D eigenvalue weighted by atomic mass is 19.1. The molecule has 0 heterocycles. The third-order valence-electron chi connectivity index (χ3n) is 3.18. The molecule has 1 nitrogen and oxygen atoms in total. The fourth-order valence-electron chi connectivity index (χ4n) is 2.36. The Kier molecular flexibility index (Phi) is 2.51. The van der Waals surface area contributed by atoms with Crippen molar-refractivity contribution in [3.05, 3.63) is 35.1 Å². The number of hydrogen-bond acceptors (Lipinski definition) is 1. The van der Waals surface area contributed by atoms with E-state index in [1.165, 1.54) is 12.1 Å². The molecule has 15 heavy (non-hydrogen) atoms. The van der Waals surface area contributed by atoms with Gasteiger partial charge in [0.15, 0.2) is 0 Å². The molecule has 0 aromatic heterocycles. The van der Waals surface area contributed by atoms with Gasteiger partial charge in [0.25, 0.3) is 0 Å². The lowest BCUT2D eigenvalue weighted by molar-refractivity contribution is 0.171. The van der Waals surface area contributed by atoms with Gasteiger partial charge >= 0.3 is 0 Å². The molecule has 2 unspecified atom stereocenters. The summed E-state index contributed by atoms with van der Waals surface area (Å²) in [5.74, 6) is -0.381. The topological polar surface area (TPSA) is 26.0 Å². The molecule has 1 aromatic rings. The molecule has 1 aliphatic carbocycles. The summed E-state index contributed by atoms with van der Waals surface area (Å²) in [7, 11) is 0. The molecule has 82 valence electrons. The van der Waals surface area contributed by atoms with Crippen molar-refractivity contribution in [2.24, 2.45) is 5.73 Å². The molecule has 2 atom stereocenters. The summed E-state index contributed by atoms with van der Waals surface area (Å²) in [6.07, 6.45) is 1.38. The van der Waals surface area contributed by atoms with E-state index in [2.05, 4.69) is 0 Å². The number of rotatable bonds is 1. The van der Waals surface area contributed by atoms with E-state index in [9.17, 15) is 8.78 Å². The van der Waals surface area contributed by atoms with Gasteiger partial charge in [-0.15, -0.1) is 0 Å². The van der Waals surface area contributed by atoms with E-state index in [1.54, 1.807) is 13.0 Å². The Morgan fingerprint density at radius 2 is 2.20 bits per heavy atom. The molecule has 2 N–H and O–H groups in total. The number of hydrogen-bond donors (Lipinski definition) is 1. The Hall–Kier alpha value is -0.960. The van der Waals surface area contributed by atoms with Gasteiger partial charge in [0, 0.05) is 12.5 Å². The third kappa shape index (κ3) is 1.88. The van der Waals surface area contributed by atoms with Crippen molar-refractivity contribution in [1.29, 1.82) is 0 Å². The van der Waals surface area contributed by atoms with Crippen molar-refractivity contribution in [1.82, 2.24) is 0 Å². The third-order valence-corrected chi connectivity index (χ3v) is 3.18. The minimum absolute atomic E-state index is 0.0994. The van der Waals surface area contributed by atoms with Crippen molar-refractivity contribution in [2.45, 2.75) is 37.9 Å². The minimum atomic E-state index is -1.42. The maximum Gasteiger partial charge on any atom is 0.137 e. The highest BCUT2D eigenvalue weighted by Crippen LogP contribution is 2.43. The number of benzene rings is 1. The van der Waals surface area contributed by atoms with Crippen LogP contribution in [0.25, 0.3) is 0 Å². The molecule has 3 heteroatoms. The lowest BCUT2D eigenvalue weighted by atomic mass is 9.90. The molecular weight excluding hydrogens is 196 g/mol. The standard InChI is InChI=1S/C12H15F2N/c1-8-2-3-9(13)6-11(8)12(14)5-4-10(15)7-12/h2-3,6,10H,4-5,7,15H2,1H3. The summed E-state index contributed by atoms with van der Waals surface area (Å²) in [5, 5.41) is 0. The Morgan fingerprint density at radius 1 is 1.47 bits per heavy atom. The summed E-state index contributed by atoms with van der Waals surface area (Å²) >= 11 is 0. The van der Waals surface area contributed by atoms with E-state index in [-0.39, 0.29) is 11.9 Å². The van der Waals surface area contributed by atoms with Crippen LogP contribution in [0.5, 0.6) is 0 Å². The maximum absolute atomic E-state index is 14.5. The molecule has 1 aliphatic rings. The Balaban J connectivity index is 2.40. The molecule has 1 fully saturated rings. The van der Waals surface area contributed by atoms with Gasteiger partial charge in [-0.1, -0.05) is 6.07 Å². The lowest BCUT2D eigenvalue weighted by Gasteiger charge is -2.22. The van der Waals surface area contributed by atoms with E-state index >= 15 is 0 Å². The number of alkyl halides is 1. The molecule has 1 saturated carbocycles. The Labute approximate surface area is 88.3 Å². The zero-order chi connectivity index (χ0) is 11.1. The summed E-state index contributed by atoms with van der Waals surface area (Å²) < 4.78 is 27.6. The van der Waals surface area contributed by atoms with Crippen LogP contribution in [0.1, 0.15) is 30.4 Å².